The summed E-state index contributed by atoms with van der Waals surface area (Å²) in [6, 6.07) is 8.07. The second-order valence-electron chi connectivity index (χ2n) is 6.41. The number of nitrogens with one attached hydrogen (secondary N) is 1. The molecule has 0 bridgehead atoms. The average Bonchev–Trinajstić information content (AvgIpc) is 3.14. The lowest BCUT2D eigenvalue weighted by molar-refractivity contribution is -0.117. The van der Waals surface area contributed by atoms with Gasteiger partial charge in [0.1, 0.15) is 5.78 Å². The Kier molecular flexibility index (Phi) is 6.83. The zero-order valence-corrected chi connectivity index (χ0v) is 14.2. The van der Waals surface area contributed by atoms with Crippen LogP contribution in [-0.2, 0) is 11.2 Å². The Morgan fingerprint density at radius 2 is 1.85 bits per heavy atom. The SMILES string of the molecule is C.N=C(N)CC(=O)CCc1cccc(-c2cnc(N3CCCC3)nc2)c1. The number of benzene rings is 1. The number of aromatic nitrogens is 2. The van der Waals surface area contributed by atoms with Gasteiger partial charge in [-0.3, -0.25) is 10.2 Å². The third-order valence-electron chi connectivity index (χ3n) is 4.37. The van der Waals surface area contributed by atoms with Gasteiger partial charge in [-0.2, -0.15) is 0 Å². The van der Waals surface area contributed by atoms with E-state index in [-0.39, 0.29) is 25.5 Å². The maximum atomic E-state index is 11.7. The standard InChI is InChI=1S/C19H23N5O.CH4/c20-18(21)11-17(25)7-6-14-4-3-5-15(10-14)16-12-22-19(23-13-16)24-8-1-2-9-24;/h3-5,10,12-13H,1-2,6-9,11H2,(H3,20,21);1H4. The van der Waals surface area contributed by atoms with Crippen LogP contribution >= 0.6 is 0 Å². The summed E-state index contributed by atoms with van der Waals surface area (Å²) in [7, 11) is 0. The van der Waals surface area contributed by atoms with Crippen molar-refractivity contribution in [3.05, 3.63) is 42.2 Å². The summed E-state index contributed by atoms with van der Waals surface area (Å²) >= 11 is 0. The molecule has 3 rings (SSSR count). The molecule has 6 heteroatoms. The van der Waals surface area contributed by atoms with E-state index in [9.17, 15) is 4.79 Å². The molecule has 1 aromatic heterocycles. The molecule has 2 heterocycles. The molecule has 1 aliphatic heterocycles. The van der Waals surface area contributed by atoms with Crippen molar-refractivity contribution in [2.45, 2.75) is 39.5 Å². The molecule has 0 spiro atoms. The molecule has 6 nitrogen and oxygen atoms in total. The summed E-state index contributed by atoms with van der Waals surface area (Å²) in [4.78, 5) is 22.9. The van der Waals surface area contributed by atoms with E-state index >= 15 is 0 Å². The molecular weight excluding hydrogens is 326 g/mol. The maximum absolute atomic E-state index is 11.7. The lowest BCUT2D eigenvalue weighted by atomic mass is 10.0. The molecule has 2 aromatic rings. The van der Waals surface area contributed by atoms with E-state index in [4.69, 9.17) is 11.1 Å². The van der Waals surface area contributed by atoms with Crippen LogP contribution in [0.25, 0.3) is 11.1 Å². The van der Waals surface area contributed by atoms with Gasteiger partial charge in [0.25, 0.3) is 0 Å². The second kappa shape index (κ2) is 9.08. The van der Waals surface area contributed by atoms with Crippen LogP contribution in [0.15, 0.2) is 36.7 Å². The van der Waals surface area contributed by atoms with Crippen LogP contribution in [0.2, 0.25) is 0 Å². The van der Waals surface area contributed by atoms with Crippen LogP contribution in [0.4, 0.5) is 5.95 Å². The molecular formula is C20H27N5O. The predicted molar refractivity (Wildman–Crippen MR) is 106 cm³/mol. The molecule has 0 amide bonds. The number of aryl methyl sites for hydroxylation is 1. The molecule has 1 aromatic carbocycles. The van der Waals surface area contributed by atoms with Crippen molar-refractivity contribution < 1.29 is 4.79 Å². The number of Topliss-reactive ketones (excluding diaryl/α,β-unsaturated/α-hetero) is 1. The lowest BCUT2D eigenvalue weighted by Crippen LogP contribution is -2.20. The molecule has 0 saturated carbocycles. The van der Waals surface area contributed by atoms with Crippen molar-refractivity contribution in [2.24, 2.45) is 5.73 Å². The number of carbonyl (C=O) groups excluding carboxylic acids is 1. The first-order valence-electron chi connectivity index (χ1n) is 8.63. The average molecular weight is 353 g/mol. The Morgan fingerprint density at radius 3 is 2.50 bits per heavy atom. The number of anilines is 1. The number of nitrogens with two attached hydrogens (primary N) is 1. The van der Waals surface area contributed by atoms with Crippen molar-refractivity contribution in [2.75, 3.05) is 18.0 Å². The Balaban J connectivity index is 0.00000243. The molecule has 0 unspecified atom stereocenters. The van der Waals surface area contributed by atoms with Crippen LogP contribution in [0.1, 0.15) is 38.7 Å². The minimum atomic E-state index is -0.0750. The normalized spacial score (nSPS) is 13.3. The first-order valence-corrected chi connectivity index (χ1v) is 8.63. The largest absolute Gasteiger partial charge is 0.387 e. The number of hydrogen-bond donors (Lipinski definition) is 2. The van der Waals surface area contributed by atoms with Gasteiger partial charge in [-0.15, -0.1) is 0 Å². The van der Waals surface area contributed by atoms with E-state index < -0.39 is 0 Å². The van der Waals surface area contributed by atoms with E-state index in [0.717, 1.165) is 35.7 Å². The van der Waals surface area contributed by atoms with Crippen molar-refractivity contribution in [3.8, 4) is 11.1 Å². The number of rotatable bonds is 7. The molecule has 1 saturated heterocycles. The van der Waals surface area contributed by atoms with E-state index in [1.165, 1.54) is 12.8 Å². The zero-order chi connectivity index (χ0) is 17.6. The molecule has 3 N–H and O–H groups in total. The quantitative estimate of drug-likeness (QED) is 0.588. The number of amidine groups is 1. The summed E-state index contributed by atoms with van der Waals surface area (Å²) in [5, 5.41) is 7.17. The van der Waals surface area contributed by atoms with Gasteiger partial charge in [0, 0.05) is 37.5 Å². The Labute approximate surface area is 155 Å². The Bertz CT molecular complexity index is 751. The lowest BCUT2D eigenvalue weighted by Gasteiger charge is -2.14. The number of nitrogens with zero attached hydrogens (tertiary/aromatic N) is 3. The molecule has 0 radical (unpaired) electrons. The summed E-state index contributed by atoms with van der Waals surface area (Å²) in [5.41, 5.74) is 8.36. The first-order chi connectivity index (χ1) is 12.1. The van der Waals surface area contributed by atoms with Gasteiger partial charge in [-0.1, -0.05) is 31.7 Å². The van der Waals surface area contributed by atoms with Crippen LogP contribution < -0.4 is 10.6 Å². The highest BCUT2D eigenvalue weighted by Crippen LogP contribution is 2.22. The monoisotopic (exact) mass is 353 g/mol. The summed E-state index contributed by atoms with van der Waals surface area (Å²) in [5.74, 6) is 0.720. The summed E-state index contributed by atoms with van der Waals surface area (Å²) < 4.78 is 0. The van der Waals surface area contributed by atoms with E-state index in [2.05, 4.69) is 20.9 Å². The van der Waals surface area contributed by atoms with Crippen LogP contribution in [0.3, 0.4) is 0 Å². The van der Waals surface area contributed by atoms with Gasteiger partial charge in [0.05, 0.1) is 12.3 Å². The molecule has 1 aliphatic rings. The van der Waals surface area contributed by atoms with Crippen molar-refractivity contribution in [1.82, 2.24) is 9.97 Å². The smallest absolute Gasteiger partial charge is 0.225 e. The second-order valence-corrected chi connectivity index (χ2v) is 6.41. The van der Waals surface area contributed by atoms with Gasteiger partial charge in [-0.05, 0) is 30.4 Å². The fourth-order valence-corrected chi connectivity index (χ4v) is 3.04. The third-order valence-corrected chi connectivity index (χ3v) is 4.37. The first kappa shape index (κ1) is 19.6. The predicted octanol–water partition coefficient (Wildman–Crippen LogP) is 3.21. The fourth-order valence-electron chi connectivity index (χ4n) is 3.04. The maximum Gasteiger partial charge on any atom is 0.225 e. The Morgan fingerprint density at radius 1 is 1.15 bits per heavy atom. The van der Waals surface area contributed by atoms with Gasteiger partial charge in [-0.25, -0.2) is 9.97 Å². The van der Waals surface area contributed by atoms with Crippen LogP contribution in [-0.4, -0.2) is 34.7 Å². The topological polar surface area (TPSA) is 96.0 Å². The highest BCUT2D eigenvalue weighted by atomic mass is 16.1. The van der Waals surface area contributed by atoms with E-state index in [1.807, 2.05) is 30.6 Å². The molecule has 0 aliphatic carbocycles. The third kappa shape index (κ3) is 5.12. The van der Waals surface area contributed by atoms with Crippen molar-refractivity contribution in [1.29, 1.82) is 5.41 Å². The van der Waals surface area contributed by atoms with Crippen molar-refractivity contribution >= 4 is 17.6 Å². The molecule has 1 fully saturated rings. The number of carbonyl (C=O) groups is 1. The summed E-state index contributed by atoms with van der Waals surface area (Å²) in [6.07, 6.45) is 7.21. The highest BCUT2D eigenvalue weighted by molar-refractivity contribution is 5.98. The number of ketones is 1. The van der Waals surface area contributed by atoms with Gasteiger partial charge < -0.3 is 10.6 Å². The number of hydrogen-bond acceptors (Lipinski definition) is 5. The van der Waals surface area contributed by atoms with Crippen molar-refractivity contribution in [3.63, 3.8) is 0 Å². The molecule has 0 atom stereocenters. The Hall–Kier alpha value is -2.76. The highest BCUT2D eigenvalue weighted by Gasteiger charge is 2.14. The summed E-state index contributed by atoms with van der Waals surface area (Å²) in [6.45, 7) is 2.06. The van der Waals surface area contributed by atoms with Crippen LogP contribution in [0, 0.1) is 5.41 Å². The van der Waals surface area contributed by atoms with Gasteiger partial charge >= 0.3 is 0 Å². The van der Waals surface area contributed by atoms with Crippen LogP contribution in [0.5, 0.6) is 0 Å². The van der Waals surface area contributed by atoms with Gasteiger partial charge in [0.15, 0.2) is 0 Å². The minimum Gasteiger partial charge on any atom is -0.387 e. The molecule has 26 heavy (non-hydrogen) atoms. The fraction of sp³-hybridized carbons (Fsp3) is 0.400. The van der Waals surface area contributed by atoms with Gasteiger partial charge in [0.2, 0.25) is 5.95 Å². The zero-order valence-electron chi connectivity index (χ0n) is 14.2. The molecule has 138 valence electrons. The van der Waals surface area contributed by atoms with E-state index in [0.29, 0.717) is 12.8 Å². The van der Waals surface area contributed by atoms with E-state index in [1.54, 1.807) is 0 Å². The minimum absolute atomic E-state index is 0.